The standard InChI is InChI=1S/C14H17N3O3S2/c1-6-10(13(19)20-5)7(2)15-11(6)12(18)8(3)21-14-17-16-9(4)22-14/h8,15H,1-5H3. The Morgan fingerprint density at radius 3 is 2.50 bits per heavy atom. The number of hydrogen-bond donors (Lipinski definition) is 1. The number of aromatic amines is 1. The van der Waals surface area contributed by atoms with Gasteiger partial charge in [0, 0.05) is 5.69 Å². The molecule has 8 heteroatoms. The molecule has 0 radical (unpaired) electrons. The number of aryl methyl sites for hydroxylation is 2. The van der Waals surface area contributed by atoms with Gasteiger partial charge in [0.15, 0.2) is 10.1 Å². The number of carbonyl (C=O) groups is 2. The highest BCUT2D eigenvalue weighted by Crippen LogP contribution is 2.29. The molecule has 0 saturated heterocycles. The second-order valence-electron chi connectivity index (χ2n) is 4.83. The van der Waals surface area contributed by atoms with E-state index < -0.39 is 5.97 Å². The molecule has 0 aliphatic heterocycles. The van der Waals surface area contributed by atoms with Gasteiger partial charge in [-0.05, 0) is 33.3 Å². The van der Waals surface area contributed by atoms with Gasteiger partial charge in [-0.2, -0.15) is 0 Å². The lowest BCUT2D eigenvalue weighted by Crippen LogP contribution is -2.15. The van der Waals surface area contributed by atoms with Gasteiger partial charge < -0.3 is 9.72 Å². The highest BCUT2D eigenvalue weighted by Gasteiger charge is 2.26. The molecule has 2 aromatic heterocycles. The highest BCUT2D eigenvalue weighted by molar-refractivity contribution is 8.02. The summed E-state index contributed by atoms with van der Waals surface area (Å²) in [5.74, 6) is -0.515. The second-order valence-corrected chi connectivity index (χ2v) is 7.60. The van der Waals surface area contributed by atoms with Crippen LogP contribution >= 0.6 is 23.1 Å². The molecule has 0 aliphatic carbocycles. The fourth-order valence-corrected chi connectivity index (χ4v) is 4.16. The summed E-state index contributed by atoms with van der Waals surface area (Å²) in [6.45, 7) is 7.18. The zero-order valence-corrected chi connectivity index (χ0v) is 14.6. The number of nitrogens with one attached hydrogen (secondary N) is 1. The van der Waals surface area contributed by atoms with E-state index in [0.717, 1.165) is 9.35 Å². The minimum atomic E-state index is -0.439. The van der Waals surface area contributed by atoms with Crippen molar-refractivity contribution in [3.05, 3.63) is 27.5 Å². The van der Waals surface area contributed by atoms with Gasteiger partial charge in [-0.25, -0.2) is 4.79 Å². The molecule has 0 spiro atoms. The van der Waals surface area contributed by atoms with Crippen LogP contribution in [-0.4, -0.2) is 39.3 Å². The quantitative estimate of drug-likeness (QED) is 0.512. The van der Waals surface area contributed by atoms with E-state index in [1.165, 1.54) is 30.2 Å². The number of rotatable bonds is 5. The first kappa shape index (κ1) is 16.7. The minimum Gasteiger partial charge on any atom is -0.465 e. The minimum absolute atomic E-state index is 0.0754. The first-order chi connectivity index (χ1) is 10.3. The molecule has 1 N–H and O–H groups in total. The van der Waals surface area contributed by atoms with Crippen molar-refractivity contribution in [2.45, 2.75) is 37.3 Å². The van der Waals surface area contributed by atoms with Crippen molar-refractivity contribution in [2.75, 3.05) is 7.11 Å². The van der Waals surface area contributed by atoms with Crippen molar-refractivity contribution in [1.29, 1.82) is 0 Å². The Kier molecular flexibility index (Phi) is 5.02. The Labute approximate surface area is 136 Å². The maximum atomic E-state index is 12.6. The number of carbonyl (C=O) groups excluding carboxylic acids is 2. The molecule has 2 rings (SSSR count). The normalized spacial score (nSPS) is 12.2. The summed E-state index contributed by atoms with van der Waals surface area (Å²) in [5, 5.41) is 8.49. The zero-order chi connectivity index (χ0) is 16.4. The summed E-state index contributed by atoms with van der Waals surface area (Å²) in [6, 6.07) is 0. The van der Waals surface area contributed by atoms with E-state index in [1.807, 2.05) is 13.8 Å². The van der Waals surface area contributed by atoms with Crippen LogP contribution in [0.25, 0.3) is 0 Å². The monoisotopic (exact) mass is 339 g/mol. The summed E-state index contributed by atoms with van der Waals surface area (Å²) >= 11 is 2.82. The van der Waals surface area contributed by atoms with Crippen LogP contribution in [0.15, 0.2) is 4.34 Å². The van der Waals surface area contributed by atoms with Gasteiger partial charge in [0.1, 0.15) is 5.01 Å². The lowest BCUT2D eigenvalue weighted by molar-refractivity contribution is 0.0599. The molecular weight excluding hydrogens is 322 g/mol. The number of H-pyrrole nitrogens is 1. The molecule has 0 saturated carbocycles. The molecule has 1 unspecified atom stereocenters. The van der Waals surface area contributed by atoms with Crippen LogP contribution in [0.5, 0.6) is 0 Å². The molecule has 0 amide bonds. The van der Waals surface area contributed by atoms with Crippen molar-refractivity contribution in [2.24, 2.45) is 0 Å². The molecule has 0 fully saturated rings. The molecule has 0 aliphatic rings. The van der Waals surface area contributed by atoms with Gasteiger partial charge in [0.05, 0.1) is 23.6 Å². The van der Waals surface area contributed by atoms with Crippen molar-refractivity contribution < 1.29 is 14.3 Å². The third kappa shape index (κ3) is 3.22. The number of esters is 1. The van der Waals surface area contributed by atoms with Crippen LogP contribution in [0.3, 0.4) is 0 Å². The van der Waals surface area contributed by atoms with E-state index in [2.05, 4.69) is 15.2 Å². The average Bonchev–Trinajstić information content (AvgIpc) is 3.00. The van der Waals surface area contributed by atoms with E-state index in [0.29, 0.717) is 22.5 Å². The van der Waals surface area contributed by atoms with Gasteiger partial charge in [-0.15, -0.1) is 10.2 Å². The molecule has 0 bridgehead atoms. The third-order valence-electron chi connectivity index (χ3n) is 3.23. The Balaban J connectivity index is 2.24. The summed E-state index contributed by atoms with van der Waals surface area (Å²) in [5.41, 5.74) is 2.13. The molecule has 2 aromatic rings. The number of Topliss-reactive ketones (excluding diaryl/α,β-unsaturated/α-hetero) is 1. The first-order valence-corrected chi connectivity index (χ1v) is 8.33. The Morgan fingerprint density at radius 2 is 1.95 bits per heavy atom. The molecule has 1 atom stereocenters. The van der Waals surface area contributed by atoms with Crippen LogP contribution in [0.1, 0.15) is 44.0 Å². The second kappa shape index (κ2) is 6.62. The number of ether oxygens (including phenoxy) is 1. The predicted octanol–water partition coefficient (Wildman–Crippen LogP) is 2.94. The van der Waals surface area contributed by atoms with Crippen molar-refractivity contribution in [3.8, 4) is 0 Å². The number of aromatic nitrogens is 3. The molecule has 6 nitrogen and oxygen atoms in total. The van der Waals surface area contributed by atoms with Gasteiger partial charge in [0.2, 0.25) is 0 Å². The van der Waals surface area contributed by atoms with E-state index in [-0.39, 0.29) is 11.0 Å². The summed E-state index contributed by atoms with van der Waals surface area (Å²) in [6.07, 6.45) is 0. The molecule has 22 heavy (non-hydrogen) atoms. The fraction of sp³-hybridized carbons (Fsp3) is 0.429. The van der Waals surface area contributed by atoms with Gasteiger partial charge >= 0.3 is 5.97 Å². The maximum Gasteiger partial charge on any atom is 0.339 e. The number of methoxy groups -OCH3 is 1. The molecular formula is C14H17N3O3S2. The van der Waals surface area contributed by atoms with Gasteiger partial charge in [0.25, 0.3) is 0 Å². The summed E-state index contributed by atoms with van der Waals surface area (Å²) in [4.78, 5) is 27.4. The SMILES string of the molecule is COC(=O)c1c(C)[nH]c(C(=O)C(C)Sc2nnc(C)s2)c1C. The fourth-order valence-electron chi connectivity index (χ4n) is 2.14. The van der Waals surface area contributed by atoms with Crippen LogP contribution in [0, 0.1) is 20.8 Å². The zero-order valence-electron chi connectivity index (χ0n) is 13.0. The highest BCUT2D eigenvalue weighted by atomic mass is 32.2. The molecule has 2 heterocycles. The maximum absolute atomic E-state index is 12.6. The Bertz CT molecular complexity index is 721. The number of hydrogen-bond acceptors (Lipinski definition) is 7. The van der Waals surface area contributed by atoms with E-state index in [1.54, 1.807) is 13.8 Å². The van der Waals surface area contributed by atoms with Crippen molar-refractivity contribution >= 4 is 34.9 Å². The Hall–Kier alpha value is -1.67. The smallest absolute Gasteiger partial charge is 0.339 e. The Morgan fingerprint density at radius 1 is 1.27 bits per heavy atom. The summed E-state index contributed by atoms with van der Waals surface area (Å²) < 4.78 is 5.51. The molecule has 0 aromatic carbocycles. The number of thioether (sulfide) groups is 1. The van der Waals surface area contributed by atoms with Crippen LogP contribution in [0.2, 0.25) is 0 Å². The third-order valence-corrected chi connectivity index (χ3v) is 5.25. The largest absolute Gasteiger partial charge is 0.465 e. The number of ketones is 1. The van der Waals surface area contributed by atoms with Crippen molar-refractivity contribution in [1.82, 2.24) is 15.2 Å². The number of nitrogens with zero attached hydrogens (tertiary/aromatic N) is 2. The topological polar surface area (TPSA) is 84.9 Å². The first-order valence-electron chi connectivity index (χ1n) is 6.63. The van der Waals surface area contributed by atoms with E-state index in [4.69, 9.17) is 4.74 Å². The van der Waals surface area contributed by atoms with Crippen LogP contribution in [-0.2, 0) is 4.74 Å². The lowest BCUT2D eigenvalue weighted by atomic mass is 10.1. The molecule has 118 valence electrons. The summed E-state index contributed by atoms with van der Waals surface area (Å²) in [7, 11) is 1.33. The van der Waals surface area contributed by atoms with Gasteiger partial charge in [-0.3, -0.25) is 4.79 Å². The lowest BCUT2D eigenvalue weighted by Gasteiger charge is -2.07. The van der Waals surface area contributed by atoms with Crippen LogP contribution in [0.4, 0.5) is 0 Å². The van der Waals surface area contributed by atoms with Crippen molar-refractivity contribution in [3.63, 3.8) is 0 Å². The average molecular weight is 339 g/mol. The van der Waals surface area contributed by atoms with E-state index >= 15 is 0 Å². The van der Waals surface area contributed by atoms with Crippen LogP contribution < -0.4 is 0 Å². The van der Waals surface area contributed by atoms with Gasteiger partial charge in [-0.1, -0.05) is 23.1 Å². The van der Waals surface area contributed by atoms with E-state index in [9.17, 15) is 9.59 Å². The predicted molar refractivity (Wildman–Crippen MR) is 85.9 cm³/mol.